The van der Waals surface area contributed by atoms with Crippen molar-refractivity contribution in [3.63, 3.8) is 0 Å². The van der Waals surface area contributed by atoms with Gasteiger partial charge in [0, 0.05) is 6.08 Å². The van der Waals surface area contributed by atoms with E-state index >= 15 is 0 Å². The van der Waals surface area contributed by atoms with E-state index in [1.54, 1.807) is 6.08 Å². The van der Waals surface area contributed by atoms with Gasteiger partial charge < -0.3 is 4.74 Å². The van der Waals surface area contributed by atoms with Crippen molar-refractivity contribution in [2.75, 3.05) is 0 Å². The van der Waals surface area contributed by atoms with Crippen molar-refractivity contribution in [2.24, 2.45) is 5.92 Å². The van der Waals surface area contributed by atoms with Crippen LogP contribution in [-0.4, -0.2) is 12.1 Å². The molecular formula is C13H22O2. The second kappa shape index (κ2) is 8.27. The van der Waals surface area contributed by atoms with Crippen molar-refractivity contribution in [1.82, 2.24) is 0 Å². The summed E-state index contributed by atoms with van der Waals surface area (Å²) in [5.41, 5.74) is 0. The third-order valence-corrected chi connectivity index (χ3v) is 2.57. The van der Waals surface area contributed by atoms with E-state index in [9.17, 15) is 4.79 Å². The second-order valence-electron chi connectivity index (χ2n) is 3.65. The molecule has 2 heteroatoms. The van der Waals surface area contributed by atoms with Crippen LogP contribution in [0.3, 0.4) is 0 Å². The van der Waals surface area contributed by atoms with Crippen LogP contribution >= 0.6 is 0 Å². The minimum Gasteiger partial charge on any atom is -0.455 e. The number of rotatable bonds is 8. The fourth-order valence-corrected chi connectivity index (χ4v) is 1.59. The Morgan fingerprint density at radius 1 is 1.40 bits per heavy atom. The van der Waals surface area contributed by atoms with Crippen molar-refractivity contribution in [3.8, 4) is 0 Å². The van der Waals surface area contributed by atoms with Crippen molar-refractivity contribution in [1.29, 1.82) is 0 Å². The molecule has 0 N–H and O–H groups in total. The summed E-state index contributed by atoms with van der Waals surface area (Å²) < 4.78 is 5.22. The van der Waals surface area contributed by atoms with Crippen LogP contribution in [0.25, 0.3) is 0 Å². The van der Waals surface area contributed by atoms with Gasteiger partial charge in [0.25, 0.3) is 0 Å². The average Bonchev–Trinajstić information content (AvgIpc) is 2.27. The molecule has 0 saturated heterocycles. The van der Waals surface area contributed by atoms with Gasteiger partial charge in [-0.2, -0.15) is 0 Å². The van der Waals surface area contributed by atoms with Gasteiger partial charge >= 0.3 is 5.97 Å². The Balaban J connectivity index is 4.25. The Hall–Kier alpha value is -1.05. The Morgan fingerprint density at radius 2 is 2.07 bits per heavy atom. The molecule has 15 heavy (non-hydrogen) atoms. The van der Waals surface area contributed by atoms with Crippen molar-refractivity contribution in [3.05, 3.63) is 25.3 Å². The van der Waals surface area contributed by atoms with Crippen LogP contribution in [0.15, 0.2) is 25.3 Å². The Morgan fingerprint density at radius 3 is 2.47 bits per heavy atom. The maximum atomic E-state index is 11.1. The zero-order valence-electron chi connectivity index (χ0n) is 9.87. The number of hydrogen-bond donors (Lipinski definition) is 0. The zero-order valence-corrected chi connectivity index (χ0v) is 9.87. The van der Waals surface area contributed by atoms with Gasteiger partial charge in [0.2, 0.25) is 0 Å². The first kappa shape index (κ1) is 13.9. The molecule has 0 aromatic heterocycles. The molecule has 86 valence electrons. The van der Waals surface area contributed by atoms with Crippen LogP contribution in [0.1, 0.15) is 39.5 Å². The minimum atomic E-state index is -0.366. The monoisotopic (exact) mass is 210 g/mol. The van der Waals surface area contributed by atoms with Crippen LogP contribution < -0.4 is 0 Å². The molecule has 0 aliphatic heterocycles. The number of carbonyl (C=O) groups is 1. The lowest BCUT2D eigenvalue weighted by atomic mass is 9.93. The zero-order chi connectivity index (χ0) is 11.7. The first-order valence-corrected chi connectivity index (χ1v) is 5.65. The predicted molar refractivity (Wildman–Crippen MR) is 63.6 cm³/mol. The number of carbonyl (C=O) groups excluding carboxylic acids is 1. The molecular weight excluding hydrogens is 188 g/mol. The van der Waals surface area contributed by atoms with Gasteiger partial charge in [-0.3, -0.25) is 0 Å². The van der Waals surface area contributed by atoms with Crippen LogP contribution in [0.4, 0.5) is 0 Å². The summed E-state index contributed by atoms with van der Waals surface area (Å²) in [6.07, 6.45) is 7.14. The second-order valence-corrected chi connectivity index (χ2v) is 3.65. The third kappa shape index (κ3) is 5.40. The SMILES string of the molecule is C=CC(=O)OC(C=C)C(CC)CCCC. The van der Waals surface area contributed by atoms with Crippen LogP contribution in [0.5, 0.6) is 0 Å². The molecule has 2 nitrogen and oxygen atoms in total. The molecule has 0 aromatic rings. The molecule has 0 radical (unpaired) electrons. The summed E-state index contributed by atoms with van der Waals surface area (Å²) in [5, 5.41) is 0. The number of unbranched alkanes of at least 4 members (excludes halogenated alkanes) is 1. The maximum absolute atomic E-state index is 11.1. The first-order chi connectivity index (χ1) is 7.19. The van der Waals surface area contributed by atoms with E-state index in [0.717, 1.165) is 25.7 Å². The fraction of sp³-hybridized carbons (Fsp3) is 0.615. The van der Waals surface area contributed by atoms with Gasteiger partial charge in [-0.25, -0.2) is 4.79 Å². The fourth-order valence-electron chi connectivity index (χ4n) is 1.59. The average molecular weight is 210 g/mol. The summed E-state index contributed by atoms with van der Waals surface area (Å²) in [7, 11) is 0. The van der Waals surface area contributed by atoms with E-state index < -0.39 is 0 Å². The summed E-state index contributed by atoms with van der Waals surface area (Å²) in [6.45, 7) is 11.4. The van der Waals surface area contributed by atoms with E-state index in [1.807, 2.05) is 0 Å². The topological polar surface area (TPSA) is 26.3 Å². The molecule has 0 aliphatic carbocycles. The van der Waals surface area contributed by atoms with E-state index in [0.29, 0.717) is 5.92 Å². The summed E-state index contributed by atoms with van der Waals surface area (Å²) in [5.74, 6) is 0.0150. The number of ether oxygens (including phenoxy) is 1. The van der Waals surface area contributed by atoms with E-state index in [-0.39, 0.29) is 12.1 Å². The normalized spacial score (nSPS) is 14.0. The Bertz CT molecular complexity index is 209. The van der Waals surface area contributed by atoms with Gasteiger partial charge in [0.15, 0.2) is 0 Å². The Kier molecular flexibility index (Phi) is 7.69. The summed E-state index contributed by atoms with van der Waals surface area (Å²) in [4.78, 5) is 11.1. The largest absolute Gasteiger partial charge is 0.455 e. The minimum absolute atomic E-state index is 0.174. The molecule has 0 fully saturated rings. The van der Waals surface area contributed by atoms with Crippen LogP contribution in [0, 0.1) is 5.92 Å². The highest BCUT2D eigenvalue weighted by Crippen LogP contribution is 2.20. The molecule has 0 spiro atoms. The third-order valence-electron chi connectivity index (χ3n) is 2.57. The number of hydrogen-bond acceptors (Lipinski definition) is 2. The standard InChI is InChI=1S/C13H22O2/c1-5-9-10-11(6-2)12(7-3)15-13(14)8-4/h7-8,11-12H,3-6,9-10H2,1-2H3. The molecule has 0 saturated carbocycles. The van der Waals surface area contributed by atoms with Gasteiger partial charge in [-0.05, 0) is 18.8 Å². The van der Waals surface area contributed by atoms with Gasteiger partial charge in [0.05, 0.1) is 0 Å². The van der Waals surface area contributed by atoms with Gasteiger partial charge in [-0.15, -0.1) is 0 Å². The number of esters is 1. The van der Waals surface area contributed by atoms with Crippen molar-refractivity contribution < 1.29 is 9.53 Å². The quantitative estimate of drug-likeness (QED) is 0.348. The Labute approximate surface area is 93.0 Å². The van der Waals surface area contributed by atoms with Crippen LogP contribution in [-0.2, 0) is 9.53 Å². The van der Waals surface area contributed by atoms with Crippen molar-refractivity contribution in [2.45, 2.75) is 45.6 Å². The molecule has 0 rings (SSSR count). The highest BCUT2D eigenvalue weighted by Gasteiger charge is 2.19. The van der Waals surface area contributed by atoms with Crippen molar-refractivity contribution >= 4 is 5.97 Å². The van der Waals surface area contributed by atoms with Crippen LogP contribution in [0.2, 0.25) is 0 Å². The van der Waals surface area contributed by atoms with E-state index in [4.69, 9.17) is 4.74 Å². The molecule has 0 bridgehead atoms. The molecule has 0 aliphatic rings. The molecule has 0 amide bonds. The van der Waals surface area contributed by atoms with Gasteiger partial charge in [0.1, 0.15) is 6.10 Å². The first-order valence-electron chi connectivity index (χ1n) is 5.65. The summed E-state index contributed by atoms with van der Waals surface area (Å²) >= 11 is 0. The molecule has 0 aromatic carbocycles. The molecule has 2 atom stereocenters. The van der Waals surface area contributed by atoms with E-state index in [1.165, 1.54) is 6.08 Å². The highest BCUT2D eigenvalue weighted by atomic mass is 16.5. The maximum Gasteiger partial charge on any atom is 0.330 e. The molecule has 0 heterocycles. The lowest BCUT2D eigenvalue weighted by Crippen LogP contribution is -2.23. The molecule has 2 unspecified atom stereocenters. The summed E-state index contributed by atoms with van der Waals surface area (Å²) in [6, 6.07) is 0. The lowest BCUT2D eigenvalue weighted by molar-refractivity contribution is -0.143. The highest BCUT2D eigenvalue weighted by molar-refractivity contribution is 5.81. The van der Waals surface area contributed by atoms with Gasteiger partial charge in [-0.1, -0.05) is 45.9 Å². The smallest absolute Gasteiger partial charge is 0.330 e. The predicted octanol–water partition coefficient (Wildman–Crippen LogP) is 3.49. The van der Waals surface area contributed by atoms with E-state index in [2.05, 4.69) is 27.0 Å². The lowest BCUT2D eigenvalue weighted by Gasteiger charge is -2.22.